The number of rotatable bonds is 6. The molecule has 0 atom stereocenters. The molecule has 0 amide bonds. The van der Waals surface area contributed by atoms with Gasteiger partial charge in [-0.3, -0.25) is 0 Å². The van der Waals surface area contributed by atoms with Crippen LogP contribution in [0.3, 0.4) is 0 Å². The molecule has 4 bridgehead atoms. The molecular formula is C24H28OSi. The predicted molar refractivity (Wildman–Crippen MR) is 107 cm³/mol. The Morgan fingerprint density at radius 1 is 0.769 bits per heavy atom. The molecule has 0 N–H and O–H groups in total. The number of hydrogen-bond donors (Lipinski definition) is 0. The van der Waals surface area contributed by atoms with Crippen LogP contribution in [0.5, 0.6) is 0 Å². The lowest BCUT2D eigenvalue weighted by Gasteiger charge is -2.56. The highest BCUT2D eigenvalue weighted by atomic mass is 28.2. The molecule has 4 aliphatic carbocycles. The first kappa shape index (κ1) is 16.8. The Labute approximate surface area is 160 Å². The molecule has 4 saturated carbocycles. The zero-order valence-electron chi connectivity index (χ0n) is 15.4. The first-order valence-corrected chi connectivity index (χ1v) is 11.3. The summed E-state index contributed by atoms with van der Waals surface area (Å²) in [6.07, 6.45) is 8.84. The Balaban J connectivity index is 1.29. The van der Waals surface area contributed by atoms with Crippen LogP contribution in [0, 0.1) is 23.2 Å². The van der Waals surface area contributed by atoms with E-state index in [1.54, 1.807) is 0 Å². The molecule has 0 aromatic heterocycles. The van der Waals surface area contributed by atoms with E-state index >= 15 is 0 Å². The summed E-state index contributed by atoms with van der Waals surface area (Å²) < 4.78 is 6.52. The van der Waals surface area contributed by atoms with Crippen LogP contribution in [0.2, 0.25) is 0 Å². The van der Waals surface area contributed by atoms with E-state index in [9.17, 15) is 0 Å². The fourth-order valence-corrected chi connectivity index (χ4v) is 7.58. The molecule has 134 valence electrons. The van der Waals surface area contributed by atoms with Crippen molar-refractivity contribution in [2.75, 3.05) is 6.61 Å². The van der Waals surface area contributed by atoms with Crippen molar-refractivity contribution < 1.29 is 4.43 Å². The summed E-state index contributed by atoms with van der Waals surface area (Å²) in [7, 11) is 0.510. The SMILES string of the molecule is c1ccc(C([Si]OCC23CC4CC(CC(C4)C2)C3)c2ccccc2)cc1. The van der Waals surface area contributed by atoms with Gasteiger partial charge in [0.05, 0.1) is 0 Å². The minimum Gasteiger partial charge on any atom is -0.416 e. The zero-order chi connectivity index (χ0) is 17.4. The normalized spacial score (nSPS) is 32.3. The summed E-state index contributed by atoms with van der Waals surface area (Å²) in [5, 5.41) is 0. The van der Waals surface area contributed by atoms with Gasteiger partial charge in [-0.25, -0.2) is 0 Å². The Bertz CT molecular complexity index is 652. The highest BCUT2D eigenvalue weighted by Crippen LogP contribution is 2.60. The molecule has 2 radical (unpaired) electrons. The second kappa shape index (κ2) is 6.98. The van der Waals surface area contributed by atoms with Crippen LogP contribution < -0.4 is 0 Å². The van der Waals surface area contributed by atoms with Crippen molar-refractivity contribution >= 4 is 9.76 Å². The lowest BCUT2D eigenvalue weighted by Crippen LogP contribution is -2.48. The summed E-state index contributed by atoms with van der Waals surface area (Å²) in [6.45, 7) is 0.991. The van der Waals surface area contributed by atoms with E-state index < -0.39 is 0 Å². The van der Waals surface area contributed by atoms with Crippen molar-refractivity contribution in [1.29, 1.82) is 0 Å². The third kappa shape index (κ3) is 3.30. The topological polar surface area (TPSA) is 9.23 Å². The minimum absolute atomic E-state index is 0.367. The highest BCUT2D eigenvalue weighted by molar-refractivity contribution is 6.31. The van der Waals surface area contributed by atoms with Gasteiger partial charge in [0.2, 0.25) is 9.76 Å². The van der Waals surface area contributed by atoms with E-state index in [0.29, 0.717) is 20.7 Å². The summed E-state index contributed by atoms with van der Waals surface area (Å²) in [5.41, 5.74) is 3.64. The first-order valence-electron chi connectivity index (χ1n) is 10.3. The van der Waals surface area contributed by atoms with Crippen LogP contribution in [0.25, 0.3) is 0 Å². The second-order valence-electron chi connectivity index (χ2n) is 9.08. The average molecular weight is 361 g/mol. The molecular weight excluding hydrogens is 332 g/mol. The molecule has 4 aliphatic rings. The fourth-order valence-electron chi connectivity index (χ4n) is 6.36. The largest absolute Gasteiger partial charge is 0.416 e. The Morgan fingerprint density at radius 3 is 1.69 bits per heavy atom. The van der Waals surface area contributed by atoms with Gasteiger partial charge in [-0.1, -0.05) is 60.7 Å². The molecule has 0 aliphatic heterocycles. The van der Waals surface area contributed by atoms with Crippen molar-refractivity contribution in [3.63, 3.8) is 0 Å². The number of hydrogen-bond acceptors (Lipinski definition) is 1. The molecule has 1 nitrogen and oxygen atoms in total. The molecule has 6 rings (SSSR count). The van der Waals surface area contributed by atoms with Crippen molar-refractivity contribution in [3.8, 4) is 0 Å². The Hall–Kier alpha value is -1.38. The van der Waals surface area contributed by atoms with Crippen LogP contribution in [-0.2, 0) is 4.43 Å². The summed E-state index contributed by atoms with van der Waals surface area (Å²) in [4.78, 5) is 0. The Kier molecular flexibility index (Phi) is 4.50. The monoisotopic (exact) mass is 360 g/mol. The van der Waals surface area contributed by atoms with E-state index in [0.717, 1.165) is 24.4 Å². The van der Waals surface area contributed by atoms with Crippen LogP contribution >= 0.6 is 0 Å². The van der Waals surface area contributed by atoms with Crippen LogP contribution in [0.4, 0.5) is 0 Å². The Morgan fingerprint density at radius 2 is 1.23 bits per heavy atom. The van der Waals surface area contributed by atoms with Gasteiger partial charge in [-0.15, -0.1) is 0 Å². The van der Waals surface area contributed by atoms with Crippen LogP contribution in [0.15, 0.2) is 60.7 Å². The van der Waals surface area contributed by atoms with Crippen molar-refractivity contribution in [1.82, 2.24) is 0 Å². The minimum atomic E-state index is 0.367. The van der Waals surface area contributed by atoms with Crippen LogP contribution in [-0.4, -0.2) is 16.4 Å². The highest BCUT2D eigenvalue weighted by Gasteiger charge is 2.50. The molecule has 0 unspecified atom stereocenters. The molecule has 0 spiro atoms. The summed E-state index contributed by atoms with van der Waals surface area (Å²) in [5.74, 6) is 3.02. The van der Waals surface area contributed by atoms with E-state index in [1.165, 1.54) is 49.7 Å². The maximum Gasteiger partial charge on any atom is 0.242 e. The van der Waals surface area contributed by atoms with Crippen molar-refractivity contribution in [3.05, 3.63) is 71.8 Å². The van der Waals surface area contributed by atoms with E-state index in [1.807, 2.05) is 0 Å². The van der Waals surface area contributed by atoms with Crippen LogP contribution in [0.1, 0.15) is 55.2 Å². The van der Waals surface area contributed by atoms with Gasteiger partial charge in [0, 0.05) is 12.1 Å². The molecule has 2 heteroatoms. The molecule has 0 saturated heterocycles. The molecule has 0 heterocycles. The third-order valence-corrected chi connectivity index (χ3v) is 8.22. The van der Waals surface area contributed by atoms with Gasteiger partial charge in [0.25, 0.3) is 0 Å². The fraction of sp³-hybridized carbons (Fsp3) is 0.500. The average Bonchev–Trinajstić information content (AvgIpc) is 2.66. The van der Waals surface area contributed by atoms with Gasteiger partial charge in [0.1, 0.15) is 0 Å². The maximum absolute atomic E-state index is 6.52. The van der Waals surface area contributed by atoms with Gasteiger partial charge < -0.3 is 4.43 Å². The number of benzene rings is 2. The standard InChI is InChI=1S/C24H28OSi/c1-3-7-21(8-4-1)23(22-9-5-2-6-10-22)26-25-17-24-14-18-11-19(15-24)13-20(12-18)16-24/h1-10,18-20,23H,11-17H2. The lowest BCUT2D eigenvalue weighted by molar-refractivity contribution is -0.0745. The van der Waals surface area contributed by atoms with Crippen molar-refractivity contribution in [2.45, 2.75) is 44.1 Å². The predicted octanol–water partition coefficient (Wildman–Crippen LogP) is 5.63. The molecule has 4 fully saturated rings. The van der Waals surface area contributed by atoms with Gasteiger partial charge in [-0.2, -0.15) is 0 Å². The van der Waals surface area contributed by atoms with E-state index in [-0.39, 0.29) is 0 Å². The second-order valence-corrected chi connectivity index (χ2v) is 10.2. The maximum atomic E-state index is 6.52. The quantitative estimate of drug-likeness (QED) is 0.607. The van der Waals surface area contributed by atoms with Gasteiger partial charge in [0.15, 0.2) is 0 Å². The van der Waals surface area contributed by atoms with Crippen molar-refractivity contribution in [2.24, 2.45) is 23.2 Å². The van der Waals surface area contributed by atoms with Gasteiger partial charge >= 0.3 is 0 Å². The molecule has 2 aromatic carbocycles. The lowest BCUT2D eigenvalue weighted by atomic mass is 9.50. The molecule has 2 aromatic rings. The smallest absolute Gasteiger partial charge is 0.242 e. The first-order chi connectivity index (χ1) is 12.8. The third-order valence-electron chi connectivity index (χ3n) is 7.01. The van der Waals surface area contributed by atoms with Gasteiger partial charge in [-0.05, 0) is 72.8 Å². The van der Waals surface area contributed by atoms with E-state index in [2.05, 4.69) is 60.7 Å². The van der Waals surface area contributed by atoms with E-state index in [4.69, 9.17) is 4.43 Å². The zero-order valence-corrected chi connectivity index (χ0v) is 16.4. The summed E-state index contributed by atoms with van der Waals surface area (Å²) in [6, 6.07) is 21.8. The summed E-state index contributed by atoms with van der Waals surface area (Å²) >= 11 is 0. The molecule has 26 heavy (non-hydrogen) atoms.